The molecule has 0 aromatic carbocycles. The number of nitrogens with one attached hydrogen (secondary N) is 1. The van der Waals surface area contributed by atoms with E-state index in [2.05, 4.69) is 20.0 Å². The molecule has 1 fully saturated rings. The molecule has 19 heavy (non-hydrogen) atoms. The van der Waals surface area contributed by atoms with E-state index in [1.54, 1.807) is 6.08 Å². The Morgan fingerprint density at radius 1 is 1.32 bits per heavy atom. The van der Waals surface area contributed by atoms with Gasteiger partial charge in [-0.3, -0.25) is 0 Å². The number of carbonyl (C=O) groups excluding carboxylic acids is 2. The summed E-state index contributed by atoms with van der Waals surface area (Å²) < 4.78 is 9.43. The second kappa shape index (κ2) is 4.77. The van der Waals surface area contributed by atoms with Crippen LogP contribution in [0.5, 0.6) is 11.9 Å². The Hall–Kier alpha value is -2.28. The fraction of sp³-hybridized carbons (Fsp3) is 0.333. The Morgan fingerprint density at radius 3 is 2.95 bits per heavy atom. The van der Waals surface area contributed by atoms with Crippen LogP contribution in [0, 0.1) is 5.92 Å². The third-order valence-corrected chi connectivity index (χ3v) is 2.94. The zero-order chi connectivity index (χ0) is 13.2. The van der Waals surface area contributed by atoms with Gasteiger partial charge in [0, 0.05) is 12.7 Å². The molecule has 1 saturated heterocycles. The number of fused-ring (bicyclic) bond motifs is 2. The van der Waals surface area contributed by atoms with Gasteiger partial charge in [0.25, 0.3) is 0 Å². The van der Waals surface area contributed by atoms with Gasteiger partial charge < -0.3 is 14.8 Å². The standard InChI is InChI=1S/C12H11N3O4/c16-10-11(17)19-12-14-6-8(9(15-12)18-10)2-1-7-3-4-13-5-7/h1-2,6-7,13H,3-5H2/b2-1+/t7-/m0/s1. The van der Waals surface area contributed by atoms with Crippen molar-refractivity contribution in [1.29, 1.82) is 0 Å². The number of ether oxygens (including phenoxy) is 2. The third kappa shape index (κ3) is 2.45. The smallest absolute Gasteiger partial charge is 0.398 e. The van der Waals surface area contributed by atoms with E-state index in [1.807, 2.05) is 6.08 Å². The zero-order valence-electron chi connectivity index (χ0n) is 9.96. The molecule has 2 aliphatic heterocycles. The largest absolute Gasteiger partial charge is 0.425 e. The molecule has 0 spiro atoms. The molecule has 98 valence electrons. The quantitative estimate of drug-likeness (QED) is 0.588. The number of carbonyl (C=O) groups is 2. The molecule has 0 saturated carbocycles. The van der Waals surface area contributed by atoms with Crippen molar-refractivity contribution in [2.45, 2.75) is 6.42 Å². The fourth-order valence-electron chi connectivity index (χ4n) is 1.94. The molecule has 0 aliphatic carbocycles. The number of hydrogen-bond acceptors (Lipinski definition) is 7. The minimum absolute atomic E-state index is 0.0445. The lowest BCUT2D eigenvalue weighted by molar-refractivity contribution is -0.155. The first-order valence-electron chi connectivity index (χ1n) is 5.92. The molecular formula is C12H11N3O4. The number of esters is 2. The van der Waals surface area contributed by atoms with Crippen LogP contribution in [0.3, 0.4) is 0 Å². The topological polar surface area (TPSA) is 90.4 Å². The average Bonchev–Trinajstić information content (AvgIpc) is 2.87. The molecule has 2 bridgehead atoms. The van der Waals surface area contributed by atoms with Crippen molar-refractivity contribution in [3.63, 3.8) is 0 Å². The summed E-state index contributed by atoms with van der Waals surface area (Å²) in [7, 11) is 0. The Bertz CT molecular complexity index is 564. The predicted octanol–water partition coefficient (Wildman–Crippen LogP) is -0.0763. The van der Waals surface area contributed by atoms with Gasteiger partial charge in [0.15, 0.2) is 0 Å². The first kappa shape index (κ1) is 11.8. The van der Waals surface area contributed by atoms with E-state index < -0.39 is 11.9 Å². The predicted molar refractivity (Wildman–Crippen MR) is 63.3 cm³/mol. The summed E-state index contributed by atoms with van der Waals surface area (Å²) in [5.74, 6) is -1.72. The highest BCUT2D eigenvalue weighted by molar-refractivity contribution is 6.31. The van der Waals surface area contributed by atoms with E-state index >= 15 is 0 Å². The third-order valence-electron chi connectivity index (χ3n) is 2.94. The fourth-order valence-corrected chi connectivity index (χ4v) is 1.94. The van der Waals surface area contributed by atoms with Crippen LogP contribution in [0.1, 0.15) is 12.0 Å². The lowest BCUT2D eigenvalue weighted by Gasteiger charge is -2.02. The zero-order valence-corrected chi connectivity index (χ0v) is 9.96. The van der Waals surface area contributed by atoms with E-state index in [-0.39, 0.29) is 11.9 Å². The van der Waals surface area contributed by atoms with Gasteiger partial charge >= 0.3 is 17.9 Å². The monoisotopic (exact) mass is 261 g/mol. The number of rotatable bonds is 2. The van der Waals surface area contributed by atoms with Gasteiger partial charge in [-0.25, -0.2) is 14.6 Å². The molecule has 0 amide bonds. The van der Waals surface area contributed by atoms with Gasteiger partial charge in [0.05, 0.1) is 5.56 Å². The Balaban J connectivity index is 1.85. The molecule has 7 nitrogen and oxygen atoms in total. The van der Waals surface area contributed by atoms with E-state index in [0.29, 0.717) is 11.5 Å². The molecule has 1 aromatic rings. The minimum Gasteiger partial charge on any atom is -0.398 e. The molecule has 1 N–H and O–H groups in total. The average molecular weight is 261 g/mol. The lowest BCUT2D eigenvalue weighted by Crippen LogP contribution is -2.23. The summed E-state index contributed by atoms with van der Waals surface area (Å²) in [5, 5.41) is 3.25. The van der Waals surface area contributed by atoms with Crippen LogP contribution in [0.4, 0.5) is 0 Å². The van der Waals surface area contributed by atoms with Crippen LogP contribution in [-0.2, 0) is 9.59 Å². The summed E-state index contributed by atoms with van der Waals surface area (Å²) in [4.78, 5) is 30.1. The van der Waals surface area contributed by atoms with E-state index in [9.17, 15) is 9.59 Å². The van der Waals surface area contributed by atoms with E-state index in [0.717, 1.165) is 19.5 Å². The van der Waals surface area contributed by atoms with Crippen LogP contribution in [0.15, 0.2) is 12.3 Å². The molecule has 0 unspecified atom stereocenters. The molecule has 7 heteroatoms. The summed E-state index contributed by atoms with van der Waals surface area (Å²) in [5.41, 5.74) is 0.544. The molecule has 1 aromatic heterocycles. The molecule has 3 rings (SSSR count). The van der Waals surface area contributed by atoms with Crippen LogP contribution in [0.25, 0.3) is 6.08 Å². The highest BCUT2D eigenvalue weighted by atomic mass is 16.6. The highest BCUT2D eigenvalue weighted by Crippen LogP contribution is 2.23. The van der Waals surface area contributed by atoms with Gasteiger partial charge in [-0.2, -0.15) is 4.98 Å². The summed E-state index contributed by atoms with van der Waals surface area (Å²) >= 11 is 0. The van der Waals surface area contributed by atoms with Crippen molar-refractivity contribution in [2.75, 3.05) is 13.1 Å². The summed E-state index contributed by atoms with van der Waals surface area (Å²) in [6, 6.07) is -0.175. The van der Waals surface area contributed by atoms with Crippen LogP contribution in [0.2, 0.25) is 0 Å². The molecule has 0 radical (unpaired) electrons. The maximum atomic E-state index is 11.3. The molecule has 1 atom stereocenters. The van der Waals surface area contributed by atoms with Crippen molar-refractivity contribution >= 4 is 18.0 Å². The number of nitrogens with zero attached hydrogens (tertiary/aromatic N) is 2. The minimum atomic E-state index is -1.11. The first-order chi connectivity index (χ1) is 9.22. The van der Waals surface area contributed by atoms with Crippen LogP contribution < -0.4 is 14.8 Å². The lowest BCUT2D eigenvalue weighted by atomic mass is 10.1. The highest BCUT2D eigenvalue weighted by Gasteiger charge is 2.27. The van der Waals surface area contributed by atoms with Gasteiger partial charge in [0.1, 0.15) is 0 Å². The van der Waals surface area contributed by atoms with Crippen molar-refractivity contribution in [3.05, 3.63) is 17.8 Å². The van der Waals surface area contributed by atoms with Crippen molar-refractivity contribution < 1.29 is 19.1 Å². The number of aromatic nitrogens is 2. The Kier molecular flexibility index (Phi) is 2.96. The summed E-state index contributed by atoms with van der Waals surface area (Å²) in [6.45, 7) is 1.92. The van der Waals surface area contributed by atoms with Gasteiger partial charge in [-0.1, -0.05) is 12.2 Å². The van der Waals surface area contributed by atoms with Crippen LogP contribution in [-0.4, -0.2) is 35.0 Å². The van der Waals surface area contributed by atoms with E-state index in [1.165, 1.54) is 6.20 Å². The van der Waals surface area contributed by atoms with Crippen molar-refractivity contribution in [3.8, 4) is 11.9 Å². The maximum absolute atomic E-state index is 11.3. The van der Waals surface area contributed by atoms with Gasteiger partial charge in [-0.05, 0) is 18.9 Å². The van der Waals surface area contributed by atoms with Gasteiger partial charge in [0.2, 0.25) is 5.88 Å². The number of hydrogen-bond donors (Lipinski definition) is 1. The second-order valence-corrected chi connectivity index (χ2v) is 4.30. The Labute approximate surface area is 108 Å². The molecule has 3 heterocycles. The SMILES string of the molecule is O=C1Oc2ncc(/C=C/[C@H]3CCNC3)c(n2)OC1=O. The molecular weight excluding hydrogens is 250 g/mol. The molecule has 2 aliphatic rings. The van der Waals surface area contributed by atoms with Crippen molar-refractivity contribution in [1.82, 2.24) is 15.3 Å². The first-order valence-corrected chi connectivity index (χ1v) is 5.92. The van der Waals surface area contributed by atoms with Crippen LogP contribution >= 0.6 is 0 Å². The second-order valence-electron chi connectivity index (χ2n) is 4.30. The Morgan fingerprint density at radius 2 is 2.16 bits per heavy atom. The van der Waals surface area contributed by atoms with Crippen molar-refractivity contribution in [2.24, 2.45) is 5.92 Å². The van der Waals surface area contributed by atoms with E-state index in [4.69, 9.17) is 4.74 Å². The van der Waals surface area contributed by atoms with Gasteiger partial charge in [-0.15, -0.1) is 0 Å². The normalized spacial score (nSPS) is 22.2. The summed E-state index contributed by atoms with van der Waals surface area (Å²) in [6.07, 6.45) is 6.32. The maximum Gasteiger partial charge on any atom is 0.425 e.